The van der Waals surface area contributed by atoms with Crippen molar-refractivity contribution in [3.05, 3.63) is 106 Å². The number of hydrogen-bond acceptors (Lipinski definition) is 5. The minimum Gasteiger partial charge on any atom is -0.385 e. The van der Waals surface area contributed by atoms with Crippen molar-refractivity contribution in [3.63, 3.8) is 0 Å². The molecule has 1 saturated heterocycles. The molecule has 4 rings (SSSR count). The van der Waals surface area contributed by atoms with Gasteiger partial charge in [0.1, 0.15) is 6.10 Å². The largest absolute Gasteiger partial charge is 0.385 e. The summed E-state index contributed by atoms with van der Waals surface area (Å²) in [6, 6.07) is 24.6. The molecule has 6 heteroatoms. The molecule has 0 bridgehead atoms. The molecule has 3 aromatic carbocycles. The number of thiol groups is 1. The fraction of sp³-hybridized carbons (Fsp3) is 0.367. The Morgan fingerprint density at radius 1 is 1.00 bits per heavy atom. The maximum atomic E-state index is 12.9. The van der Waals surface area contributed by atoms with E-state index in [1.807, 2.05) is 68.4 Å². The number of aryl methyl sites for hydroxylation is 1. The highest BCUT2D eigenvalue weighted by Gasteiger charge is 2.37. The zero-order valence-electron chi connectivity index (χ0n) is 21.0. The van der Waals surface area contributed by atoms with Crippen LogP contribution in [0, 0.1) is 6.92 Å². The number of carbonyl (C=O) groups excluding carboxylic acids is 1. The lowest BCUT2D eigenvalue weighted by Gasteiger charge is -2.42. The van der Waals surface area contributed by atoms with Crippen LogP contribution >= 0.6 is 24.2 Å². The van der Waals surface area contributed by atoms with Crippen LogP contribution < -0.4 is 0 Å². The van der Waals surface area contributed by atoms with Crippen molar-refractivity contribution in [2.24, 2.45) is 0 Å². The molecule has 0 radical (unpaired) electrons. The van der Waals surface area contributed by atoms with Crippen LogP contribution in [0.25, 0.3) is 0 Å². The van der Waals surface area contributed by atoms with Crippen LogP contribution in [0.5, 0.6) is 0 Å². The molecule has 0 spiro atoms. The fourth-order valence-electron chi connectivity index (χ4n) is 4.65. The molecule has 1 aliphatic heterocycles. The number of benzene rings is 3. The Hall–Kier alpha value is -2.15. The number of hydrogen-bond donors (Lipinski definition) is 3. The second-order valence-corrected chi connectivity index (χ2v) is 10.4. The van der Waals surface area contributed by atoms with Crippen LogP contribution in [-0.4, -0.2) is 45.8 Å². The Bertz CT molecular complexity index is 1080. The average molecular weight is 526 g/mol. The lowest BCUT2D eigenvalue weighted by molar-refractivity contribution is -0.0402. The van der Waals surface area contributed by atoms with Crippen LogP contribution in [0.1, 0.15) is 59.3 Å². The normalized spacial score (nSPS) is 16.9. The van der Waals surface area contributed by atoms with Gasteiger partial charge in [-0.3, -0.25) is 9.69 Å². The van der Waals surface area contributed by atoms with Gasteiger partial charge in [-0.2, -0.15) is 12.6 Å². The number of ketones is 1. The summed E-state index contributed by atoms with van der Waals surface area (Å²) in [7, 11) is 0. The van der Waals surface area contributed by atoms with E-state index in [9.17, 15) is 15.0 Å². The second kappa shape index (κ2) is 13.4. The van der Waals surface area contributed by atoms with Gasteiger partial charge in [-0.05, 0) is 48.8 Å². The maximum Gasteiger partial charge on any atom is 0.191 e. The topological polar surface area (TPSA) is 60.8 Å². The molecule has 0 aromatic heterocycles. The summed E-state index contributed by atoms with van der Waals surface area (Å²) >= 11 is 9.80. The van der Waals surface area contributed by atoms with Crippen LogP contribution in [-0.2, 0) is 5.60 Å². The molecule has 192 valence electrons. The minimum atomic E-state index is -1.10. The zero-order chi connectivity index (χ0) is 26.1. The molecule has 0 amide bonds. The zero-order valence-corrected chi connectivity index (χ0v) is 22.6. The summed E-state index contributed by atoms with van der Waals surface area (Å²) in [5.41, 5.74) is 2.63. The monoisotopic (exact) mass is 525 g/mol. The molecule has 1 fully saturated rings. The quantitative estimate of drug-likeness (QED) is 0.252. The van der Waals surface area contributed by atoms with E-state index < -0.39 is 11.7 Å². The molecule has 1 aliphatic rings. The van der Waals surface area contributed by atoms with E-state index in [0.29, 0.717) is 42.9 Å². The van der Waals surface area contributed by atoms with E-state index >= 15 is 0 Å². The summed E-state index contributed by atoms with van der Waals surface area (Å²) in [5, 5.41) is 22.8. The maximum absolute atomic E-state index is 12.9. The van der Waals surface area contributed by atoms with Crippen molar-refractivity contribution in [3.8, 4) is 0 Å². The van der Waals surface area contributed by atoms with Gasteiger partial charge in [0, 0.05) is 36.1 Å². The van der Waals surface area contributed by atoms with Crippen LogP contribution in [0.15, 0.2) is 78.9 Å². The first kappa shape index (κ1) is 28.4. The first-order valence-corrected chi connectivity index (χ1v) is 13.5. The molecule has 4 nitrogen and oxygen atoms in total. The van der Waals surface area contributed by atoms with Gasteiger partial charge in [0.05, 0.1) is 5.60 Å². The minimum absolute atomic E-state index is 0.120. The summed E-state index contributed by atoms with van der Waals surface area (Å²) in [4.78, 5) is 15.2. The average Bonchev–Trinajstić information content (AvgIpc) is 2.89. The molecular weight excluding hydrogens is 490 g/mol. The van der Waals surface area contributed by atoms with Gasteiger partial charge < -0.3 is 10.2 Å². The Kier molecular flexibility index (Phi) is 10.6. The van der Waals surface area contributed by atoms with Gasteiger partial charge in [0.25, 0.3) is 0 Å². The van der Waals surface area contributed by atoms with E-state index in [2.05, 4.69) is 17.5 Å². The highest BCUT2D eigenvalue weighted by molar-refractivity contribution is 7.80. The third-order valence-corrected chi connectivity index (χ3v) is 6.97. The number of likely N-dealkylation sites (tertiary alicyclic amines) is 1. The van der Waals surface area contributed by atoms with Gasteiger partial charge in [0.15, 0.2) is 5.78 Å². The first-order chi connectivity index (χ1) is 17.3. The van der Waals surface area contributed by atoms with E-state index in [-0.39, 0.29) is 11.8 Å². The molecule has 36 heavy (non-hydrogen) atoms. The smallest absolute Gasteiger partial charge is 0.191 e. The summed E-state index contributed by atoms with van der Waals surface area (Å²) in [6.45, 7) is 5.27. The number of Topliss-reactive ketones (excluding diaryl/α,β-unsaturated/α-hetero) is 1. The Labute approximate surface area is 225 Å². The summed E-state index contributed by atoms with van der Waals surface area (Å²) in [5.74, 6) is 0.686. The third kappa shape index (κ3) is 7.44. The van der Waals surface area contributed by atoms with Crippen LogP contribution in [0.2, 0.25) is 5.02 Å². The summed E-state index contributed by atoms with van der Waals surface area (Å²) < 4.78 is 0. The van der Waals surface area contributed by atoms with E-state index in [1.165, 1.54) is 0 Å². The van der Waals surface area contributed by atoms with Crippen molar-refractivity contribution in [1.29, 1.82) is 0 Å². The van der Waals surface area contributed by atoms with E-state index in [1.54, 1.807) is 24.3 Å². The fourth-order valence-corrected chi connectivity index (χ4v) is 4.78. The van der Waals surface area contributed by atoms with Crippen molar-refractivity contribution in [2.45, 2.75) is 50.9 Å². The number of nitrogens with zero attached hydrogens (tertiary/aromatic N) is 1. The Morgan fingerprint density at radius 2 is 1.56 bits per heavy atom. The van der Waals surface area contributed by atoms with Gasteiger partial charge in [0.2, 0.25) is 0 Å². The number of halogens is 1. The molecule has 2 unspecified atom stereocenters. The first-order valence-electron chi connectivity index (χ1n) is 12.4. The molecular formula is C30H36ClNO3S. The number of aliphatic hydroxyl groups excluding tert-OH is 1. The number of aliphatic hydroxyl groups is 2. The van der Waals surface area contributed by atoms with E-state index in [0.717, 1.165) is 22.4 Å². The van der Waals surface area contributed by atoms with Gasteiger partial charge in [-0.1, -0.05) is 90.8 Å². The SMILES string of the molecule is CCS.Cc1ccc(C(=O)C(O)CC(c2ccccc2)N2CCC(O)(c3ccc(Cl)cc3)CC2)cc1. The number of carbonyl (C=O) groups is 1. The number of piperidine rings is 1. The molecule has 1 heterocycles. The summed E-state index contributed by atoms with van der Waals surface area (Å²) in [6.07, 6.45) is 0.339. The van der Waals surface area contributed by atoms with Crippen molar-refractivity contribution in [1.82, 2.24) is 4.90 Å². The van der Waals surface area contributed by atoms with Gasteiger partial charge in [-0.15, -0.1) is 0 Å². The predicted octanol–water partition coefficient (Wildman–Crippen LogP) is 6.24. The van der Waals surface area contributed by atoms with Crippen LogP contribution in [0.4, 0.5) is 0 Å². The standard InChI is InChI=1S/C28H30ClNO3.C2H6S/c1-20-7-9-22(10-8-20)27(32)26(31)19-25(21-5-3-2-4-6-21)30-17-15-28(33,16-18-30)23-11-13-24(29)14-12-23;1-2-3/h2-14,25-26,31,33H,15-19H2,1H3;3H,2H2,1H3. The molecule has 2 atom stereocenters. The van der Waals surface area contributed by atoms with Gasteiger partial charge >= 0.3 is 0 Å². The third-order valence-electron chi connectivity index (χ3n) is 6.72. The lowest BCUT2D eigenvalue weighted by atomic mass is 9.83. The highest BCUT2D eigenvalue weighted by atomic mass is 35.5. The van der Waals surface area contributed by atoms with Crippen molar-refractivity contribution >= 4 is 30.0 Å². The molecule has 2 N–H and O–H groups in total. The van der Waals surface area contributed by atoms with Crippen molar-refractivity contribution in [2.75, 3.05) is 18.8 Å². The van der Waals surface area contributed by atoms with Crippen molar-refractivity contribution < 1.29 is 15.0 Å². The number of rotatable bonds is 7. The lowest BCUT2D eigenvalue weighted by Crippen LogP contribution is -2.45. The molecule has 0 saturated carbocycles. The molecule has 3 aromatic rings. The Balaban J connectivity index is 0.00000115. The second-order valence-electron chi connectivity index (χ2n) is 9.30. The Morgan fingerprint density at radius 3 is 2.11 bits per heavy atom. The molecule has 0 aliphatic carbocycles. The van der Waals surface area contributed by atoms with E-state index in [4.69, 9.17) is 11.6 Å². The highest BCUT2D eigenvalue weighted by Crippen LogP contribution is 2.37. The predicted molar refractivity (Wildman–Crippen MR) is 151 cm³/mol. The van der Waals surface area contributed by atoms with Gasteiger partial charge in [-0.25, -0.2) is 0 Å². The van der Waals surface area contributed by atoms with Crippen LogP contribution in [0.3, 0.4) is 0 Å².